The van der Waals surface area contributed by atoms with Crippen molar-refractivity contribution >= 4 is 28.5 Å². The molecule has 0 radical (unpaired) electrons. The van der Waals surface area contributed by atoms with Crippen LogP contribution in [0.4, 0.5) is 0 Å². The summed E-state index contributed by atoms with van der Waals surface area (Å²) in [7, 11) is 0. The molecule has 2 aromatic heterocycles. The maximum atomic E-state index is 13.6. The van der Waals surface area contributed by atoms with Gasteiger partial charge in [0.05, 0.1) is 13.1 Å². The lowest BCUT2D eigenvalue weighted by Gasteiger charge is -2.54. The van der Waals surface area contributed by atoms with Crippen LogP contribution in [0.2, 0.25) is 0 Å². The lowest BCUT2D eigenvalue weighted by molar-refractivity contribution is -0.689. The summed E-state index contributed by atoms with van der Waals surface area (Å²) in [4.78, 5) is 27.6. The third-order valence-corrected chi connectivity index (χ3v) is 9.31. The van der Waals surface area contributed by atoms with Crippen LogP contribution < -0.4 is 5.32 Å². The van der Waals surface area contributed by atoms with E-state index >= 15 is 0 Å². The Balaban J connectivity index is 1.16. The van der Waals surface area contributed by atoms with Crippen molar-refractivity contribution in [3.63, 3.8) is 0 Å². The average molecular weight is 516 g/mol. The molecule has 9 heteroatoms. The van der Waals surface area contributed by atoms with E-state index in [0.717, 1.165) is 66.3 Å². The minimum atomic E-state index is -0.299. The van der Waals surface area contributed by atoms with Gasteiger partial charge in [-0.15, -0.1) is 0 Å². The van der Waals surface area contributed by atoms with Crippen LogP contribution in [0.15, 0.2) is 59.3 Å². The molecule has 8 nitrogen and oxygen atoms in total. The Morgan fingerprint density at radius 1 is 1.11 bits per heavy atom. The van der Waals surface area contributed by atoms with Gasteiger partial charge in [0.2, 0.25) is 5.91 Å². The fraction of sp³-hybridized carbons (Fsp3) is 0.429. The number of nitrogens with zero attached hydrogens (tertiary/aromatic N) is 5. The lowest BCUT2D eigenvalue weighted by Crippen LogP contribution is -2.96. The van der Waals surface area contributed by atoms with Gasteiger partial charge in [-0.25, -0.2) is 9.97 Å². The normalized spacial score (nSPS) is 24.5. The van der Waals surface area contributed by atoms with Crippen molar-refractivity contribution in [2.45, 2.75) is 50.4 Å². The van der Waals surface area contributed by atoms with E-state index in [2.05, 4.69) is 50.4 Å². The zero-order chi connectivity index (χ0) is 24.8. The van der Waals surface area contributed by atoms with E-state index in [1.54, 1.807) is 0 Å². The Labute approximate surface area is 219 Å². The summed E-state index contributed by atoms with van der Waals surface area (Å²) in [5.74, 6) is 1.56. The van der Waals surface area contributed by atoms with Crippen molar-refractivity contribution in [3.05, 3.63) is 76.9 Å². The van der Waals surface area contributed by atoms with Crippen molar-refractivity contribution < 1.29 is 14.5 Å². The van der Waals surface area contributed by atoms with E-state index in [9.17, 15) is 4.79 Å². The average Bonchev–Trinajstić information content (AvgIpc) is 3.61. The summed E-state index contributed by atoms with van der Waals surface area (Å²) in [5.41, 5.74) is 3.72. The standard InChI is InChI=1S/C28H30N6O2S/c35-26-16-33-23(27-31-25(37-32-27)12-10-19-5-2-1-3-6-19)14-29-17-28(33,21-7-4-8-21)34(26)15-20-9-11-24-22(13-20)30-18-36-24/h1-3,5-6,9,11,13,18,21,23,29H,4,7-8,10,12,14-17H2/p+1. The highest BCUT2D eigenvalue weighted by atomic mass is 32.1. The molecule has 1 aliphatic carbocycles. The third-order valence-electron chi connectivity index (χ3n) is 8.53. The molecule has 7 rings (SSSR count). The molecular weight excluding hydrogens is 484 g/mol. The van der Waals surface area contributed by atoms with E-state index in [1.165, 1.54) is 29.9 Å². The maximum Gasteiger partial charge on any atom is 0.238 e. The van der Waals surface area contributed by atoms with E-state index in [-0.39, 0.29) is 17.6 Å². The molecule has 37 heavy (non-hydrogen) atoms. The number of aryl methyl sites for hydroxylation is 2. The zero-order valence-corrected chi connectivity index (χ0v) is 21.6. The molecule has 2 aromatic carbocycles. The second-order valence-corrected chi connectivity index (χ2v) is 11.4. The number of quaternary nitrogens is 1. The van der Waals surface area contributed by atoms with Gasteiger partial charge in [0.1, 0.15) is 23.1 Å². The number of nitrogens with two attached hydrogens (primary N) is 1. The topological polar surface area (TPSA) is 92.0 Å². The molecule has 2 atom stereocenters. The van der Waals surface area contributed by atoms with Gasteiger partial charge < -0.3 is 14.6 Å². The molecule has 190 valence electrons. The van der Waals surface area contributed by atoms with Crippen molar-refractivity contribution in [1.82, 2.24) is 24.1 Å². The summed E-state index contributed by atoms with van der Waals surface area (Å²) in [6.45, 7) is 2.80. The summed E-state index contributed by atoms with van der Waals surface area (Å²) < 4.78 is 10.3. The first-order valence-corrected chi connectivity index (χ1v) is 14.1. The molecule has 2 saturated heterocycles. The van der Waals surface area contributed by atoms with Gasteiger partial charge in [0, 0.05) is 18.9 Å². The number of hydrogen-bond acceptors (Lipinski definition) is 7. The van der Waals surface area contributed by atoms with Crippen molar-refractivity contribution in [2.75, 3.05) is 19.6 Å². The Bertz CT molecular complexity index is 1420. The first-order chi connectivity index (χ1) is 18.2. The van der Waals surface area contributed by atoms with E-state index in [0.29, 0.717) is 19.0 Å². The molecule has 2 aliphatic heterocycles. The number of hydrogen-bond donors (Lipinski definition) is 1. The molecule has 0 spiro atoms. The fourth-order valence-electron chi connectivity index (χ4n) is 6.47. The van der Waals surface area contributed by atoms with Crippen LogP contribution in [-0.2, 0) is 24.2 Å². The smallest absolute Gasteiger partial charge is 0.238 e. The summed E-state index contributed by atoms with van der Waals surface area (Å²) in [6.07, 6.45) is 6.89. The van der Waals surface area contributed by atoms with Crippen LogP contribution in [0.25, 0.3) is 11.1 Å². The van der Waals surface area contributed by atoms with E-state index in [1.807, 2.05) is 18.2 Å². The SMILES string of the molecule is O=C1CN2C(c3nsc(CCc4ccccc4)n3)C[NH2+]CC2(C2CCC2)N1Cc1ccc2ocnc2c1. The first-order valence-electron chi connectivity index (χ1n) is 13.3. The number of rotatable bonds is 7. The van der Waals surface area contributed by atoms with Crippen LogP contribution in [0.3, 0.4) is 0 Å². The highest BCUT2D eigenvalue weighted by molar-refractivity contribution is 7.05. The van der Waals surface area contributed by atoms with Crippen LogP contribution in [0.5, 0.6) is 0 Å². The summed E-state index contributed by atoms with van der Waals surface area (Å²) in [5, 5.41) is 3.46. The highest BCUT2D eigenvalue weighted by Crippen LogP contribution is 2.48. The first kappa shape index (κ1) is 23.0. The van der Waals surface area contributed by atoms with Crippen LogP contribution in [0.1, 0.15) is 47.3 Å². The number of carbonyl (C=O) groups excluding carboxylic acids is 1. The van der Waals surface area contributed by atoms with Gasteiger partial charge in [0.15, 0.2) is 23.5 Å². The molecule has 0 bridgehead atoms. The van der Waals surface area contributed by atoms with Crippen molar-refractivity contribution in [3.8, 4) is 0 Å². The molecular formula is C28H31N6O2S+. The van der Waals surface area contributed by atoms with Gasteiger partial charge >= 0.3 is 0 Å². The molecule has 1 amide bonds. The Morgan fingerprint density at radius 2 is 2.00 bits per heavy atom. The van der Waals surface area contributed by atoms with Crippen LogP contribution >= 0.6 is 11.5 Å². The second kappa shape index (κ2) is 9.31. The third kappa shape index (κ3) is 3.96. The molecule has 3 fully saturated rings. The minimum absolute atomic E-state index is 0.0445. The number of benzene rings is 2. The van der Waals surface area contributed by atoms with Gasteiger partial charge in [-0.2, -0.15) is 4.37 Å². The lowest BCUT2D eigenvalue weighted by atomic mass is 9.73. The van der Waals surface area contributed by atoms with Gasteiger partial charge in [-0.1, -0.05) is 42.8 Å². The fourth-order valence-corrected chi connectivity index (χ4v) is 7.16. The van der Waals surface area contributed by atoms with Crippen molar-refractivity contribution in [2.24, 2.45) is 5.92 Å². The molecule has 2 unspecified atom stereocenters. The molecule has 4 aromatic rings. The second-order valence-electron chi connectivity index (χ2n) is 10.5. The highest BCUT2D eigenvalue weighted by Gasteiger charge is 2.62. The predicted molar refractivity (Wildman–Crippen MR) is 139 cm³/mol. The number of aromatic nitrogens is 3. The predicted octanol–water partition coefficient (Wildman–Crippen LogP) is 2.92. The van der Waals surface area contributed by atoms with Gasteiger partial charge in [-0.05, 0) is 54.1 Å². The number of oxazole rings is 1. The number of fused-ring (bicyclic) bond motifs is 2. The van der Waals surface area contributed by atoms with Gasteiger partial charge in [-0.3, -0.25) is 9.69 Å². The maximum absolute atomic E-state index is 13.6. The van der Waals surface area contributed by atoms with Gasteiger partial charge in [0.25, 0.3) is 0 Å². The molecule has 1 saturated carbocycles. The number of piperazine rings is 1. The Kier molecular flexibility index (Phi) is 5.79. The minimum Gasteiger partial charge on any atom is -0.443 e. The van der Waals surface area contributed by atoms with Crippen molar-refractivity contribution in [1.29, 1.82) is 0 Å². The number of amides is 1. The van der Waals surface area contributed by atoms with Crippen LogP contribution in [0, 0.1) is 5.92 Å². The molecule has 2 N–H and O–H groups in total. The van der Waals surface area contributed by atoms with Crippen LogP contribution in [-0.4, -0.2) is 55.3 Å². The zero-order valence-electron chi connectivity index (χ0n) is 20.8. The number of carbonyl (C=O) groups is 1. The summed E-state index contributed by atoms with van der Waals surface area (Å²) in [6, 6.07) is 16.6. The molecule has 4 heterocycles. The summed E-state index contributed by atoms with van der Waals surface area (Å²) >= 11 is 1.51. The Hall–Kier alpha value is -3.14. The largest absolute Gasteiger partial charge is 0.443 e. The quantitative estimate of drug-likeness (QED) is 0.407. The monoisotopic (exact) mass is 515 g/mol. The van der Waals surface area contributed by atoms with E-state index in [4.69, 9.17) is 13.8 Å². The van der Waals surface area contributed by atoms with E-state index < -0.39 is 0 Å². The molecule has 3 aliphatic rings. The Morgan fingerprint density at radius 3 is 2.84 bits per heavy atom.